The van der Waals surface area contributed by atoms with Crippen LogP contribution in [0.25, 0.3) is 11.1 Å². The van der Waals surface area contributed by atoms with E-state index in [0.29, 0.717) is 17.9 Å². The van der Waals surface area contributed by atoms with Crippen LogP contribution in [0.5, 0.6) is 5.88 Å². The molecule has 4 heteroatoms. The Morgan fingerprint density at radius 1 is 1.19 bits per heavy atom. The van der Waals surface area contributed by atoms with Crippen LogP contribution >= 0.6 is 0 Å². The number of carbonyl (C=O) groups excluding carboxylic acids is 1. The molecule has 0 fully saturated rings. The summed E-state index contributed by atoms with van der Waals surface area (Å²) in [5.41, 5.74) is 2.15. The highest BCUT2D eigenvalue weighted by Crippen LogP contribution is 2.27. The molecule has 0 aliphatic carbocycles. The van der Waals surface area contributed by atoms with E-state index < -0.39 is 0 Å². The van der Waals surface area contributed by atoms with Crippen molar-refractivity contribution in [2.45, 2.75) is 0 Å². The van der Waals surface area contributed by atoms with Crippen LogP contribution in [0.2, 0.25) is 0 Å². The van der Waals surface area contributed by atoms with Gasteiger partial charge in [-0.05, 0) is 29.8 Å². The van der Waals surface area contributed by atoms with Crippen molar-refractivity contribution in [1.29, 1.82) is 0 Å². The molecular weight excluding hydrogens is 204 g/mol. The second kappa shape index (κ2) is 4.53. The van der Waals surface area contributed by atoms with Gasteiger partial charge in [0.25, 0.3) is 0 Å². The van der Waals surface area contributed by atoms with Crippen molar-refractivity contribution in [3.63, 3.8) is 0 Å². The lowest BCUT2D eigenvalue weighted by atomic mass is 10.1. The summed E-state index contributed by atoms with van der Waals surface area (Å²) in [6, 6.07) is 7.19. The van der Waals surface area contributed by atoms with Crippen molar-refractivity contribution in [3.05, 3.63) is 42.4 Å². The fraction of sp³-hybridized carbons (Fsp3) is 0.0833. The number of aromatic nitrogens is 2. The first kappa shape index (κ1) is 10.3. The molecule has 2 aromatic rings. The summed E-state index contributed by atoms with van der Waals surface area (Å²) in [7, 11) is 1.53. The summed E-state index contributed by atoms with van der Waals surface area (Å²) in [5.74, 6) is 0.441. The molecule has 0 radical (unpaired) electrons. The molecule has 0 saturated carbocycles. The number of carbonyl (C=O) groups is 1. The van der Waals surface area contributed by atoms with Gasteiger partial charge in [0.15, 0.2) is 6.29 Å². The van der Waals surface area contributed by atoms with E-state index in [4.69, 9.17) is 4.74 Å². The van der Waals surface area contributed by atoms with Gasteiger partial charge in [0.2, 0.25) is 5.88 Å². The Kier molecular flexibility index (Phi) is 2.91. The largest absolute Gasteiger partial charge is 0.481 e. The third-order valence-electron chi connectivity index (χ3n) is 2.19. The van der Waals surface area contributed by atoms with Gasteiger partial charge in [0, 0.05) is 18.0 Å². The number of methoxy groups -OCH3 is 1. The van der Waals surface area contributed by atoms with Gasteiger partial charge >= 0.3 is 0 Å². The summed E-state index contributed by atoms with van der Waals surface area (Å²) < 4.78 is 5.15. The van der Waals surface area contributed by atoms with Crippen molar-refractivity contribution in [2.24, 2.45) is 0 Å². The number of hydrogen-bond donors (Lipinski definition) is 0. The maximum Gasteiger partial charge on any atom is 0.221 e. The van der Waals surface area contributed by atoms with Crippen molar-refractivity contribution in [3.8, 4) is 17.0 Å². The standard InChI is InChI=1S/C12H10N2O2/c1-16-12-11(3-2-10(8-15)14-12)9-4-6-13-7-5-9/h2-8H,1H3. The first-order valence-electron chi connectivity index (χ1n) is 4.76. The van der Waals surface area contributed by atoms with Crippen molar-refractivity contribution in [2.75, 3.05) is 7.11 Å². The van der Waals surface area contributed by atoms with Crippen LogP contribution in [0.15, 0.2) is 36.7 Å². The predicted octanol–water partition coefficient (Wildman–Crippen LogP) is 1.96. The highest BCUT2D eigenvalue weighted by atomic mass is 16.5. The van der Waals surface area contributed by atoms with Gasteiger partial charge in [-0.2, -0.15) is 0 Å². The zero-order valence-electron chi connectivity index (χ0n) is 8.75. The van der Waals surface area contributed by atoms with Crippen molar-refractivity contribution < 1.29 is 9.53 Å². The second-order valence-corrected chi connectivity index (χ2v) is 3.15. The summed E-state index contributed by atoms with van der Waals surface area (Å²) in [6.07, 6.45) is 4.09. The SMILES string of the molecule is COc1nc(C=O)ccc1-c1ccncc1. The van der Waals surface area contributed by atoms with Crippen LogP contribution in [0.4, 0.5) is 0 Å². The molecule has 0 bridgehead atoms. The molecule has 80 valence electrons. The quantitative estimate of drug-likeness (QED) is 0.733. The number of rotatable bonds is 3. The lowest BCUT2D eigenvalue weighted by Crippen LogP contribution is -1.95. The van der Waals surface area contributed by atoms with Crippen LogP contribution in [0.3, 0.4) is 0 Å². The van der Waals surface area contributed by atoms with Gasteiger partial charge in [0.05, 0.1) is 7.11 Å². The predicted molar refractivity (Wildman–Crippen MR) is 59.4 cm³/mol. The van der Waals surface area contributed by atoms with Gasteiger partial charge in [-0.1, -0.05) is 0 Å². The van der Waals surface area contributed by atoms with Gasteiger partial charge in [-0.3, -0.25) is 9.78 Å². The molecular formula is C12H10N2O2. The minimum absolute atomic E-state index is 0.356. The first-order chi connectivity index (χ1) is 7.85. The molecule has 2 rings (SSSR count). The molecule has 0 amide bonds. The topological polar surface area (TPSA) is 52.1 Å². The van der Waals surface area contributed by atoms with Crippen LogP contribution in [0.1, 0.15) is 10.5 Å². The number of aldehydes is 1. The molecule has 0 aliphatic heterocycles. The normalized spacial score (nSPS) is 9.81. The molecule has 2 heterocycles. The number of ether oxygens (including phenoxy) is 1. The molecule has 0 saturated heterocycles. The van der Waals surface area contributed by atoms with Crippen molar-refractivity contribution in [1.82, 2.24) is 9.97 Å². The lowest BCUT2D eigenvalue weighted by Gasteiger charge is -2.07. The Labute approximate surface area is 92.9 Å². The number of nitrogens with zero attached hydrogens (tertiary/aromatic N) is 2. The highest BCUT2D eigenvalue weighted by molar-refractivity contribution is 5.76. The van der Waals surface area contributed by atoms with E-state index in [1.54, 1.807) is 18.5 Å². The van der Waals surface area contributed by atoms with Crippen LogP contribution in [-0.4, -0.2) is 23.4 Å². The molecule has 4 nitrogen and oxygen atoms in total. The third-order valence-corrected chi connectivity index (χ3v) is 2.19. The second-order valence-electron chi connectivity index (χ2n) is 3.15. The lowest BCUT2D eigenvalue weighted by molar-refractivity contribution is 0.111. The van der Waals surface area contributed by atoms with Gasteiger partial charge in [-0.25, -0.2) is 4.98 Å². The summed E-state index contributed by atoms with van der Waals surface area (Å²) in [4.78, 5) is 18.6. The fourth-order valence-electron chi connectivity index (χ4n) is 1.43. The molecule has 0 aliphatic rings. The van der Waals surface area contributed by atoms with E-state index in [1.165, 1.54) is 7.11 Å². The molecule has 0 atom stereocenters. The van der Waals surface area contributed by atoms with E-state index in [-0.39, 0.29) is 0 Å². The van der Waals surface area contributed by atoms with Gasteiger partial charge in [0.1, 0.15) is 5.69 Å². The van der Waals surface area contributed by atoms with Crippen LogP contribution in [-0.2, 0) is 0 Å². The average Bonchev–Trinajstić information content (AvgIpc) is 2.39. The van der Waals surface area contributed by atoms with Crippen molar-refractivity contribution >= 4 is 6.29 Å². The summed E-state index contributed by atoms with van der Waals surface area (Å²) in [6.45, 7) is 0. The first-order valence-corrected chi connectivity index (χ1v) is 4.76. The minimum atomic E-state index is 0.356. The summed E-state index contributed by atoms with van der Waals surface area (Å²) >= 11 is 0. The Morgan fingerprint density at radius 3 is 2.56 bits per heavy atom. The highest BCUT2D eigenvalue weighted by Gasteiger charge is 2.07. The Bertz CT molecular complexity index is 498. The van der Waals surface area contributed by atoms with Gasteiger partial charge in [-0.15, -0.1) is 0 Å². The van der Waals surface area contributed by atoms with E-state index in [1.807, 2.05) is 18.2 Å². The summed E-state index contributed by atoms with van der Waals surface area (Å²) in [5, 5.41) is 0. The maximum absolute atomic E-state index is 10.6. The zero-order valence-corrected chi connectivity index (χ0v) is 8.75. The number of pyridine rings is 2. The molecule has 0 aromatic carbocycles. The molecule has 16 heavy (non-hydrogen) atoms. The van der Waals surface area contributed by atoms with E-state index in [2.05, 4.69) is 9.97 Å². The van der Waals surface area contributed by atoms with E-state index in [0.717, 1.165) is 11.1 Å². The van der Waals surface area contributed by atoms with Crippen LogP contribution in [0, 0.1) is 0 Å². The molecule has 2 aromatic heterocycles. The fourth-order valence-corrected chi connectivity index (χ4v) is 1.43. The number of hydrogen-bond acceptors (Lipinski definition) is 4. The monoisotopic (exact) mass is 214 g/mol. The van der Waals surface area contributed by atoms with Crippen LogP contribution < -0.4 is 4.74 Å². The third kappa shape index (κ3) is 1.91. The Balaban J connectivity index is 2.53. The van der Waals surface area contributed by atoms with E-state index >= 15 is 0 Å². The maximum atomic E-state index is 10.6. The minimum Gasteiger partial charge on any atom is -0.481 e. The Hall–Kier alpha value is -2.23. The smallest absolute Gasteiger partial charge is 0.221 e. The van der Waals surface area contributed by atoms with Gasteiger partial charge < -0.3 is 4.74 Å². The van der Waals surface area contributed by atoms with E-state index in [9.17, 15) is 4.79 Å². The zero-order chi connectivity index (χ0) is 11.4. The molecule has 0 unspecified atom stereocenters. The molecule has 0 N–H and O–H groups in total. The Morgan fingerprint density at radius 2 is 1.94 bits per heavy atom. The average molecular weight is 214 g/mol. The molecule has 0 spiro atoms.